The van der Waals surface area contributed by atoms with Crippen molar-refractivity contribution in [3.63, 3.8) is 0 Å². The molecule has 13 aromatic rings. The maximum absolute atomic E-state index is 6.79. The summed E-state index contributed by atoms with van der Waals surface area (Å²) in [6, 6.07) is 80.4. The number of anilines is 9. The van der Waals surface area contributed by atoms with Gasteiger partial charge in [-0.25, -0.2) is 0 Å². The van der Waals surface area contributed by atoms with Crippen LogP contribution in [0.3, 0.4) is 0 Å². The van der Waals surface area contributed by atoms with Crippen LogP contribution in [0.15, 0.2) is 223 Å². The van der Waals surface area contributed by atoms with Crippen LogP contribution in [0.5, 0.6) is 0 Å². The van der Waals surface area contributed by atoms with Gasteiger partial charge in [0.15, 0.2) is 5.58 Å². The topological polar surface area (TPSA) is 27.3 Å². The Labute approximate surface area is 406 Å². The van der Waals surface area contributed by atoms with Crippen LogP contribution in [0.25, 0.3) is 60.0 Å². The van der Waals surface area contributed by atoms with E-state index in [0.717, 1.165) is 56.1 Å². The van der Waals surface area contributed by atoms with Gasteiger partial charge in [0.1, 0.15) is 5.58 Å². The molecule has 6 heteroatoms. The van der Waals surface area contributed by atoms with Crippen molar-refractivity contribution < 1.29 is 4.42 Å². The molecule has 330 valence electrons. The third-order valence-corrected chi connectivity index (χ3v) is 15.2. The summed E-state index contributed by atoms with van der Waals surface area (Å²) in [5.74, 6) is 0. The Kier molecular flexibility index (Phi) is 8.08. The van der Waals surface area contributed by atoms with E-state index in [1.165, 1.54) is 77.1 Å². The van der Waals surface area contributed by atoms with Crippen molar-refractivity contribution in [2.24, 2.45) is 0 Å². The third-order valence-electron chi connectivity index (χ3n) is 15.2. The first-order valence-electron chi connectivity index (χ1n) is 24.4. The van der Waals surface area contributed by atoms with Gasteiger partial charge in [-0.05, 0) is 124 Å². The van der Waals surface area contributed by atoms with Crippen molar-refractivity contribution in [3.05, 3.63) is 224 Å². The lowest BCUT2D eigenvalue weighted by molar-refractivity contribution is 0.592. The van der Waals surface area contributed by atoms with E-state index in [1.54, 1.807) is 0 Å². The van der Waals surface area contributed by atoms with Crippen LogP contribution in [0.4, 0.5) is 51.2 Å². The quantitative estimate of drug-likeness (QED) is 0.161. The molecule has 10 aromatic carbocycles. The monoisotopic (exact) mass is 896 g/mol. The molecule has 0 radical (unpaired) electrons. The summed E-state index contributed by atoms with van der Waals surface area (Å²) in [4.78, 5) is 7.43. The van der Waals surface area contributed by atoms with Gasteiger partial charge >= 0.3 is 0 Å². The molecule has 0 atom stereocenters. The number of furan rings is 1. The summed E-state index contributed by atoms with van der Waals surface area (Å²) >= 11 is 0. The molecule has 0 bridgehead atoms. The van der Waals surface area contributed by atoms with Gasteiger partial charge in [0.05, 0.1) is 27.9 Å². The molecule has 0 unspecified atom stereocenters. The molecule has 70 heavy (non-hydrogen) atoms. The predicted molar refractivity (Wildman–Crippen MR) is 296 cm³/mol. The fourth-order valence-electron chi connectivity index (χ4n) is 12.2. The average Bonchev–Trinajstić information content (AvgIpc) is 4.07. The summed E-state index contributed by atoms with van der Waals surface area (Å²) in [6.45, 7) is 6.88. The van der Waals surface area contributed by atoms with E-state index < -0.39 is 0 Å². The highest BCUT2D eigenvalue weighted by Gasteiger charge is 2.45. The molecule has 5 heterocycles. The number of benzene rings is 10. The molecule has 0 fully saturated rings. The van der Waals surface area contributed by atoms with Crippen molar-refractivity contribution >= 4 is 134 Å². The second kappa shape index (κ2) is 14.4. The lowest BCUT2D eigenvalue weighted by Gasteiger charge is -2.44. The van der Waals surface area contributed by atoms with E-state index in [1.807, 2.05) is 6.07 Å². The van der Waals surface area contributed by atoms with Crippen molar-refractivity contribution in [1.29, 1.82) is 0 Å². The van der Waals surface area contributed by atoms with Crippen LogP contribution in [0.1, 0.15) is 26.3 Å². The molecule has 3 aromatic heterocycles. The predicted octanol–water partition coefficient (Wildman–Crippen LogP) is 15.6. The number of aromatic nitrogens is 1. The number of para-hydroxylation sites is 6. The number of hydrogen-bond donors (Lipinski definition) is 0. The van der Waals surface area contributed by atoms with E-state index in [9.17, 15) is 0 Å². The zero-order valence-corrected chi connectivity index (χ0v) is 39.1. The molecule has 2 aliphatic heterocycles. The molecule has 0 N–H and O–H groups in total. The highest BCUT2D eigenvalue weighted by atomic mass is 16.3. The average molecular weight is 897 g/mol. The minimum absolute atomic E-state index is 0.0338. The lowest BCUT2D eigenvalue weighted by atomic mass is 9.33. The number of hydrogen-bond acceptors (Lipinski definition) is 4. The second-order valence-electron chi connectivity index (χ2n) is 20.1. The molecule has 0 saturated carbocycles. The van der Waals surface area contributed by atoms with Gasteiger partial charge < -0.3 is 23.5 Å². The highest BCUT2D eigenvalue weighted by molar-refractivity contribution is 7.00. The Hall–Kier alpha value is -8.74. The van der Waals surface area contributed by atoms with E-state index in [4.69, 9.17) is 4.42 Å². The van der Waals surface area contributed by atoms with Crippen molar-refractivity contribution in [1.82, 2.24) is 4.40 Å². The van der Waals surface area contributed by atoms with Crippen LogP contribution in [-0.2, 0) is 5.41 Å². The largest absolute Gasteiger partial charge is 0.454 e. The normalized spacial score (nSPS) is 13.3. The van der Waals surface area contributed by atoms with E-state index >= 15 is 0 Å². The van der Waals surface area contributed by atoms with E-state index in [2.05, 4.69) is 252 Å². The number of fused-ring (bicyclic) bond motifs is 14. The minimum Gasteiger partial charge on any atom is -0.454 e. The molecule has 0 amide bonds. The van der Waals surface area contributed by atoms with Crippen LogP contribution < -0.4 is 31.1 Å². The van der Waals surface area contributed by atoms with Crippen LogP contribution in [0.2, 0.25) is 0 Å². The summed E-state index contributed by atoms with van der Waals surface area (Å²) in [7, 11) is 0. The first kappa shape index (κ1) is 39.3. The maximum Gasteiger partial charge on any atom is 0.252 e. The SMILES string of the molecule is CC(C)(C)c1cc2c3ccccc3n3c4c5c(ccc4c(c1)c23)B1c2cc(N(c3ccccc3)c3cccc4c3oc3ccccc34)ccc2N(c2ccccc2)c2cccc(c21)N5c1ccccc1. The van der Waals surface area contributed by atoms with Crippen LogP contribution >= 0.6 is 0 Å². The molecule has 5 nitrogen and oxygen atoms in total. The first-order valence-corrected chi connectivity index (χ1v) is 24.4. The van der Waals surface area contributed by atoms with Crippen LogP contribution in [-0.4, -0.2) is 11.1 Å². The standard InChI is InChI=1S/C64H45BN4O/c1-64(2,3)40-37-49-45-25-13-15-28-53(45)69-60(49)50(38-40)47-34-35-51-62(61(47)69)68(43-23-11-6-12-24-43)56-30-18-29-55-59(56)65(51)52-39-44(33-36-54(52)67(55)42-21-9-5-10-22-42)66(41-19-7-4-8-20-41)57-31-17-27-48-46-26-14-16-32-58(46)70-63(48)57/h4-39H,1-3H3. The highest BCUT2D eigenvalue weighted by Crippen LogP contribution is 2.51. The Bertz CT molecular complexity index is 4250. The maximum atomic E-state index is 6.79. The Balaban J connectivity index is 1.07. The second-order valence-corrected chi connectivity index (χ2v) is 20.1. The first-order chi connectivity index (χ1) is 34.4. The smallest absolute Gasteiger partial charge is 0.252 e. The van der Waals surface area contributed by atoms with Gasteiger partial charge in [-0.3, -0.25) is 0 Å². The van der Waals surface area contributed by atoms with Gasteiger partial charge in [0.2, 0.25) is 0 Å². The Morgan fingerprint density at radius 1 is 0.443 bits per heavy atom. The van der Waals surface area contributed by atoms with Gasteiger partial charge in [-0.15, -0.1) is 0 Å². The lowest BCUT2D eigenvalue weighted by Crippen LogP contribution is -2.61. The minimum atomic E-state index is -0.118. The molecule has 15 rings (SSSR count). The molecule has 2 aliphatic rings. The third kappa shape index (κ3) is 5.39. The summed E-state index contributed by atoms with van der Waals surface area (Å²) in [5, 5.41) is 7.35. The number of rotatable bonds is 5. The molecular formula is C64H45BN4O. The van der Waals surface area contributed by atoms with Gasteiger partial charge in [0, 0.05) is 72.1 Å². The van der Waals surface area contributed by atoms with Gasteiger partial charge in [0.25, 0.3) is 6.71 Å². The van der Waals surface area contributed by atoms with E-state index in [-0.39, 0.29) is 12.1 Å². The Morgan fingerprint density at radius 2 is 1.07 bits per heavy atom. The molecule has 0 saturated heterocycles. The summed E-state index contributed by atoms with van der Waals surface area (Å²) in [6.07, 6.45) is 0. The molecule has 0 spiro atoms. The zero-order valence-electron chi connectivity index (χ0n) is 39.1. The van der Waals surface area contributed by atoms with Crippen molar-refractivity contribution in [3.8, 4) is 0 Å². The van der Waals surface area contributed by atoms with Crippen molar-refractivity contribution in [2.45, 2.75) is 26.2 Å². The Morgan fingerprint density at radius 3 is 1.83 bits per heavy atom. The zero-order chi connectivity index (χ0) is 46.4. The molecule has 0 aliphatic carbocycles. The van der Waals surface area contributed by atoms with Crippen LogP contribution in [0, 0.1) is 0 Å². The fraction of sp³-hybridized carbons (Fsp3) is 0.0625. The van der Waals surface area contributed by atoms with Crippen molar-refractivity contribution in [2.75, 3.05) is 14.7 Å². The van der Waals surface area contributed by atoms with E-state index in [0.29, 0.717) is 0 Å². The molecular weight excluding hydrogens is 852 g/mol. The fourth-order valence-corrected chi connectivity index (χ4v) is 12.2. The summed E-state index contributed by atoms with van der Waals surface area (Å²) < 4.78 is 9.38. The number of nitrogens with zero attached hydrogens (tertiary/aromatic N) is 4. The van der Waals surface area contributed by atoms with Gasteiger partial charge in [-0.2, -0.15) is 0 Å². The van der Waals surface area contributed by atoms with Gasteiger partial charge in [-0.1, -0.05) is 142 Å². The summed E-state index contributed by atoms with van der Waals surface area (Å²) in [5.41, 5.74) is 20.7.